The second kappa shape index (κ2) is 10.8. The van der Waals surface area contributed by atoms with E-state index in [1.165, 1.54) is 22.1 Å². The fourth-order valence-electron chi connectivity index (χ4n) is 4.62. The summed E-state index contributed by atoms with van der Waals surface area (Å²) in [6.45, 7) is 6.23. The molecule has 11 nitrogen and oxygen atoms in total. The van der Waals surface area contributed by atoms with E-state index in [1.807, 2.05) is 18.2 Å². The zero-order valence-corrected chi connectivity index (χ0v) is 22.7. The van der Waals surface area contributed by atoms with Crippen LogP contribution in [0.5, 0.6) is 0 Å². The normalized spacial score (nSPS) is 16.8. The van der Waals surface area contributed by atoms with Crippen LogP contribution in [0.25, 0.3) is 11.3 Å². The van der Waals surface area contributed by atoms with Gasteiger partial charge in [-0.15, -0.1) is 0 Å². The Bertz CT molecular complexity index is 1480. The largest absolute Gasteiger partial charge is 0.465 e. The number of carbonyl (C=O) groups excluding carboxylic acids is 1. The monoisotopic (exact) mass is 541 g/mol. The molecule has 0 unspecified atom stereocenters. The van der Waals surface area contributed by atoms with Gasteiger partial charge < -0.3 is 20.1 Å². The number of ether oxygens (including phenoxy) is 1. The molecule has 2 aliphatic rings. The third-order valence-corrected chi connectivity index (χ3v) is 6.66. The van der Waals surface area contributed by atoms with Crippen LogP contribution in [0.15, 0.2) is 48.9 Å². The Kier molecular flexibility index (Phi) is 7.26. The number of aromatic nitrogens is 3. The van der Waals surface area contributed by atoms with Crippen LogP contribution in [0.4, 0.5) is 26.9 Å². The average molecular weight is 542 g/mol. The fourth-order valence-corrected chi connectivity index (χ4v) is 4.62. The van der Waals surface area contributed by atoms with E-state index in [0.717, 1.165) is 29.7 Å². The van der Waals surface area contributed by atoms with Gasteiger partial charge in [-0.2, -0.15) is 5.26 Å². The molecule has 0 bridgehead atoms. The van der Waals surface area contributed by atoms with Crippen molar-refractivity contribution in [3.8, 4) is 17.3 Å². The zero-order valence-electron chi connectivity index (χ0n) is 22.7. The second-order valence-electron chi connectivity index (χ2n) is 11.1. The Morgan fingerprint density at radius 1 is 1.15 bits per heavy atom. The number of rotatable bonds is 6. The molecule has 4 heterocycles. The number of nitrogens with zero attached hydrogens (tertiary/aromatic N) is 6. The molecular formula is C29H31N7O4. The van der Waals surface area contributed by atoms with Gasteiger partial charge in [0.05, 0.1) is 23.0 Å². The molecule has 3 aromatic rings. The third-order valence-electron chi connectivity index (χ3n) is 6.66. The number of carboxylic acid groups (broad SMARTS) is 1. The Morgan fingerprint density at radius 3 is 2.62 bits per heavy atom. The maximum absolute atomic E-state index is 13.5. The summed E-state index contributed by atoms with van der Waals surface area (Å²) in [5.41, 5.74) is 2.75. The smallest absolute Gasteiger partial charge is 0.421 e. The highest BCUT2D eigenvalue weighted by Crippen LogP contribution is 2.43. The maximum Gasteiger partial charge on any atom is 0.421 e. The fraction of sp³-hybridized carbons (Fsp3) is 0.379. The van der Waals surface area contributed by atoms with Crippen LogP contribution in [0.2, 0.25) is 0 Å². The number of nitriles is 1. The van der Waals surface area contributed by atoms with E-state index in [2.05, 4.69) is 21.4 Å². The number of pyridine rings is 3. The first-order valence-corrected chi connectivity index (χ1v) is 13.2. The molecule has 40 heavy (non-hydrogen) atoms. The first-order valence-electron chi connectivity index (χ1n) is 13.2. The molecule has 5 rings (SSSR count). The molecule has 1 saturated heterocycles. The molecule has 1 aliphatic carbocycles. The molecule has 1 atom stereocenters. The predicted octanol–water partition coefficient (Wildman–Crippen LogP) is 5.53. The van der Waals surface area contributed by atoms with Crippen LogP contribution < -0.4 is 10.2 Å². The summed E-state index contributed by atoms with van der Waals surface area (Å²) >= 11 is 0. The number of hydrogen-bond acceptors (Lipinski definition) is 8. The minimum absolute atomic E-state index is 0.0180. The number of carbonyl (C=O) groups is 2. The van der Waals surface area contributed by atoms with E-state index in [0.29, 0.717) is 42.5 Å². The van der Waals surface area contributed by atoms with Crippen LogP contribution in [-0.2, 0) is 4.74 Å². The lowest BCUT2D eigenvalue weighted by Crippen LogP contribution is -2.35. The molecule has 1 saturated carbocycles. The average Bonchev–Trinajstić information content (AvgIpc) is 3.66. The van der Waals surface area contributed by atoms with Crippen LogP contribution in [-0.4, -0.2) is 61.9 Å². The van der Waals surface area contributed by atoms with Gasteiger partial charge in [0, 0.05) is 43.3 Å². The summed E-state index contributed by atoms with van der Waals surface area (Å²) in [5.74, 6) is 0.925. The predicted molar refractivity (Wildman–Crippen MR) is 148 cm³/mol. The molecule has 11 heteroatoms. The lowest BCUT2D eigenvalue weighted by molar-refractivity contribution is 0.0597. The molecule has 2 amide bonds. The highest BCUT2D eigenvalue weighted by Gasteiger charge is 2.31. The van der Waals surface area contributed by atoms with Crippen LogP contribution in [0.3, 0.4) is 0 Å². The molecular weight excluding hydrogens is 510 g/mol. The van der Waals surface area contributed by atoms with Crippen LogP contribution >= 0.6 is 0 Å². The SMILES string of the molecule is CC(C)(C)OC(=O)N(c1cc(C#N)ccn1)c1cc(C2CC2)cc(-c2cncc(N[C@@H]3CCN(C(=O)O)C3)c2)n1. The Morgan fingerprint density at radius 2 is 1.95 bits per heavy atom. The number of nitrogens with one attached hydrogen (secondary N) is 1. The lowest BCUT2D eigenvalue weighted by Gasteiger charge is -2.27. The quantitative estimate of drug-likeness (QED) is 0.412. The van der Waals surface area contributed by atoms with Crippen molar-refractivity contribution in [2.75, 3.05) is 23.3 Å². The van der Waals surface area contributed by atoms with Gasteiger partial charge in [-0.3, -0.25) is 4.98 Å². The summed E-state index contributed by atoms with van der Waals surface area (Å²) in [7, 11) is 0. The minimum atomic E-state index is -0.922. The third kappa shape index (κ3) is 6.29. The lowest BCUT2D eigenvalue weighted by atomic mass is 10.1. The highest BCUT2D eigenvalue weighted by atomic mass is 16.6. The molecule has 0 radical (unpaired) electrons. The van der Waals surface area contributed by atoms with E-state index in [4.69, 9.17) is 9.72 Å². The van der Waals surface area contributed by atoms with Gasteiger partial charge in [0.2, 0.25) is 0 Å². The molecule has 0 aromatic carbocycles. The van der Waals surface area contributed by atoms with E-state index in [9.17, 15) is 20.0 Å². The van der Waals surface area contributed by atoms with E-state index in [-0.39, 0.29) is 11.9 Å². The van der Waals surface area contributed by atoms with Gasteiger partial charge in [0.25, 0.3) is 0 Å². The topological polar surface area (TPSA) is 145 Å². The molecule has 206 valence electrons. The summed E-state index contributed by atoms with van der Waals surface area (Å²) in [6.07, 6.45) is 6.09. The van der Waals surface area contributed by atoms with Crippen molar-refractivity contribution in [3.63, 3.8) is 0 Å². The molecule has 2 fully saturated rings. The van der Waals surface area contributed by atoms with Crippen LogP contribution in [0.1, 0.15) is 57.1 Å². The van der Waals surface area contributed by atoms with Crippen molar-refractivity contribution in [1.82, 2.24) is 19.9 Å². The Balaban J connectivity index is 1.52. The van der Waals surface area contributed by atoms with Crippen molar-refractivity contribution in [1.29, 1.82) is 5.26 Å². The van der Waals surface area contributed by atoms with Crippen LogP contribution in [0, 0.1) is 11.3 Å². The van der Waals surface area contributed by atoms with E-state index < -0.39 is 17.8 Å². The highest BCUT2D eigenvalue weighted by molar-refractivity contribution is 5.94. The summed E-state index contributed by atoms with van der Waals surface area (Å²) in [4.78, 5) is 41.1. The van der Waals surface area contributed by atoms with Crippen molar-refractivity contribution in [2.24, 2.45) is 0 Å². The van der Waals surface area contributed by atoms with Crippen molar-refractivity contribution in [3.05, 3.63) is 60.0 Å². The van der Waals surface area contributed by atoms with Gasteiger partial charge in [-0.25, -0.2) is 24.5 Å². The van der Waals surface area contributed by atoms with Gasteiger partial charge in [0.1, 0.15) is 17.2 Å². The van der Waals surface area contributed by atoms with Gasteiger partial charge in [-0.05, 0) is 81.8 Å². The van der Waals surface area contributed by atoms with Crippen molar-refractivity contribution < 1.29 is 19.4 Å². The standard InChI is InChI=1S/C29H31N7O4/c1-29(2,3)40-28(39)36(25-10-18(14-30)6-8-32-25)26-13-20(19-4-5-19)12-24(34-26)21-11-23(16-31-15-21)33-22-7-9-35(17-22)27(37)38/h6,8,10-13,15-16,19,22,33H,4-5,7,9,17H2,1-3H3,(H,37,38)/t22-/m1/s1. The summed E-state index contributed by atoms with van der Waals surface area (Å²) in [6, 6.07) is 11.0. The van der Waals surface area contributed by atoms with Gasteiger partial charge in [-0.1, -0.05) is 0 Å². The van der Waals surface area contributed by atoms with E-state index in [1.54, 1.807) is 39.2 Å². The van der Waals surface area contributed by atoms with Crippen molar-refractivity contribution >= 4 is 29.5 Å². The summed E-state index contributed by atoms with van der Waals surface area (Å²) in [5, 5.41) is 22.1. The second-order valence-corrected chi connectivity index (χ2v) is 11.1. The molecule has 2 N–H and O–H groups in total. The molecule has 0 spiro atoms. The number of likely N-dealkylation sites (tertiary alicyclic amines) is 1. The first kappa shape index (κ1) is 26.9. The van der Waals surface area contributed by atoms with Crippen molar-refractivity contribution in [2.45, 2.75) is 57.6 Å². The van der Waals surface area contributed by atoms with E-state index >= 15 is 0 Å². The van der Waals surface area contributed by atoms with Gasteiger partial charge >= 0.3 is 12.2 Å². The summed E-state index contributed by atoms with van der Waals surface area (Å²) < 4.78 is 5.72. The Hall–Kier alpha value is -4.72. The Labute approximate surface area is 232 Å². The zero-order chi connectivity index (χ0) is 28.4. The minimum Gasteiger partial charge on any atom is -0.465 e. The van der Waals surface area contributed by atoms with Gasteiger partial charge in [0.15, 0.2) is 0 Å². The number of amides is 2. The number of hydrogen-bond donors (Lipinski definition) is 2. The maximum atomic E-state index is 13.5. The molecule has 3 aromatic heterocycles. The first-order chi connectivity index (χ1) is 19.1. The molecule has 1 aliphatic heterocycles. The number of anilines is 3.